The van der Waals surface area contributed by atoms with Gasteiger partial charge in [-0.25, -0.2) is 9.78 Å². The van der Waals surface area contributed by atoms with E-state index in [1.54, 1.807) is 6.20 Å². The summed E-state index contributed by atoms with van der Waals surface area (Å²) in [4.78, 5) is 26.7. The minimum absolute atomic E-state index is 0.0626. The van der Waals surface area contributed by atoms with Gasteiger partial charge in [-0.2, -0.15) is 0 Å². The fourth-order valence-corrected chi connectivity index (χ4v) is 2.23. The second-order valence-corrected chi connectivity index (χ2v) is 4.61. The van der Waals surface area contributed by atoms with E-state index in [-0.39, 0.29) is 17.5 Å². The fourth-order valence-electron chi connectivity index (χ4n) is 1.46. The van der Waals surface area contributed by atoms with Gasteiger partial charge in [0.15, 0.2) is 5.69 Å². The van der Waals surface area contributed by atoms with Crippen LogP contribution in [0, 0.1) is 0 Å². The molecule has 0 aromatic carbocycles. The second-order valence-electron chi connectivity index (χ2n) is 3.69. The number of rotatable bonds is 5. The quantitative estimate of drug-likeness (QED) is 0.864. The Balaban J connectivity index is 2.09. The SMILES string of the molecule is CCC(NC(=O)c1cc(C(=O)O)on1)c1nccs1. The van der Waals surface area contributed by atoms with Crippen molar-refractivity contribution >= 4 is 23.2 Å². The molecule has 0 fully saturated rings. The highest BCUT2D eigenvalue weighted by molar-refractivity contribution is 7.09. The smallest absolute Gasteiger partial charge is 0.374 e. The van der Waals surface area contributed by atoms with Gasteiger partial charge in [0, 0.05) is 17.6 Å². The van der Waals surface area contributed by atoms with Crippen molar-refractivity contribution in [1.29, 1.82) is 0 Å². The molecule has 0 aliphatic carbocycles. The van der Waals surface area contributed by atoms with E-state index in [1.807, 2.05) is 12.3 Å². The minimum Gasteiger partial charge on any atom is -0.475 e. The molecule has 0 spiro atoms. The number of hydrogen-bond donors (Lipinski definition) is 2. The Morgan fingerprint density at radius 2 is 2.37 bits per heavy atom. The third-order valence-corrected chi connectivity index (χ3v) is 3.31. The normalized spacial score (nSPS) is 12.1. The highest BCUT2D eigenvalue weighted by Crippen LogP contribution is 2.19. The van der Waals surface area contributed by atoms with Gasteiger partial charge in [0.2, 0.25) is 5.76 Å². The first-order chi connectivity index (χ1) is 9.11. The van der Waals surface area contributed by atoms with Crippen LogP contribution in [0.1, 0.15) is 45.4 Å². The molecule has 0 radical (unpaired) electrons. The van der Waals surface area contributed by atoms with Crippen LogP contribution in [0.25, 0.3) is 0 Å². The molecule has 0 saturated carbocycles. The van der Waals surface area contributed by atoms with E-state index >= 15 is 0 Å². The number of carboxylic acid groups (broad SMARTS) is 1. The zero-order valence-corrected chi connectivity index (χ0v) is 10.8. The molecule has 1 atom stereocenters. The molecule has 2 N–H and O–H groups in total. The van der Waals surface area contributed by atoms with Crippen molar-refractivity contribution in [3.05, 3.63) is 34.1 Å². The third-order valence-electron chi connectivity index (χ3n) is 2.42. The third kappa shape index (κ3) is 2.97. The number of carboxylic acids is 1. The molecule has 1 amide bonds. The molecule has 2 aromatic heterocycles. The summed E-state index contributed by atoms with van der Waals surface area (Å²) in [6.45, 7) is 1.91. The number of nitrogens with zero attached hydrogens (tertiary/aromatic N) is 2. The largest absolute Gasteiger partial charge is 0.475 e. The number of nitrogens with one attached hydrogen (secondary N) is 1. The standard InChI is InChI=1S/C11H11N3O4S/c1-2-6(10-12-3-4-19-10)13-9(15)7-5-8(11(16)17)18-14-7/h3-6H,2H2,1H3,(H,13,15)(H,16,17). The van der Waals surface area contributed by atoms with Gasteiger partial charge in [0.25, 0.3) is 5.91 Å². The van der Waals surface area contributed by atoms with E-state index in [1.165, 1.54) is 11.3 Å². The van der Waals surface area contributed by atoms with Gasteiger partial charge in [-0.1, -0.05) is 12.1 Å². The lowest BCUT2D eigenvalue weighted by Gasteiger charge is -2.12. The molecule has 100 valence electrons. The van der Waals surface area contributed by atoms with Crippen LogP contribution in [-0.4, -0.2) is 27.1 Å². The van der Waals surface area contributed by atoms with E-state index in [2.05, 4.69) is 20.0 Å². The van der Waals surface area contributed by atoms with E-state index in [4.69, 9.17) is 5.11 Å². The maximum atomic E-state index is 11.9. The zero-order valence-electron chi connectivity index (χ0n) is 9.99. The van der Waals surface area contributed by atoms with Crippen LogP contribution in [0.15, 0.2) is 22.2 Å². The first-order valence-electron chi connectivity index (χ1n) is 5.52. The molecule has 0 bridgehead atoms. The molecule has 2 rings (SSSR count). The first kappa shape index (κ1) is 13.2. The van der Waals surface area contributed by atoms with Gasteiger partial charge >= 0.3 is 5.97 Å². The second kappa shape index (κ2) is 5.61. The molecule has 2 heterocycles. The van der Waals surface area contributed by atoms with Crippen molar-refractivity contribution in [2.45, 2.75) is 19.4 Å². The minimum atomic E-state index is -1.27. The van der Waals surface area contributed by atoms with Gasteiger partial charge in [0.1, 0.15) is 5.01 Å². The van der Waals surface area contributed by atoms with Crippen molar-refractivity contribution < 1.29 is 19.2 Å². The average Bonchev–Trinajstić information content (AvgIpc) is 3.05. The lowest BCUT2D eigenvalue weighted by atomic mass is 10.2. The van der Waals surface area contributed by atoms with Crippen LogP contribution in [0.5, 0.6) is 0 Å². The van der Waals surface area contributed by atoms with Gasteiger partial charge < -0.3 is 14.9 Å². The Labute approximate surface area is 112 Å². The summed E-state index contributed by atoms with van der Waals surface area (Å²) in [6, 6.07) is 0.865. The van der Waals surface area contributed by atoms with Crippen LogP contribution in [0.3, 0.4) is 0 Å². The monoisotopic (exact) mass is 281 g/mol. The van der Waals surface area contributed by atoms with Crippen molar-refractivity contribution in [3.63, 3.8) is 0 Å². The van der Waals surface area contributed by atoms with Gasteiger partial charge in [-0.3, -0.25) is 4.79 Å². The summed E-state index contributed by atoms with van der Waals surface area (Å²) >= 11 is 1.44. The summed E-state index contributed by atoms with van der Waals surface area (Å²) in [5, 5.41) is 17.4. The zero-order chi connectivity index (χ0) is 13.8. The molecular formula is C11H11N3O4S. The fraction of sp³-hybridized carbons (Fsp3) is 0.273. The van der Waals surface area contributed by atoms with Crippen LogP contribution < -0.4 is 5.32 Å². The van der Waals surface area contributed by atoms with Crippen molar-refractivity contribution in [1.82, 2.24) is 15.5 Å². The number of carbonyl (C=O) groups excluding carboxylic acids is 1. The van der Waals surface area contributed by atoms with Gasteiger partial charge in [0.05, 0.1) is 6.04 Å². The lowest BCUT2D eigenvalue weighted by Crippen LogP contribution is -2.28. The van der Waals surface area contributed by atoms with Crippen LogP contribution >= 0.6 is 11.3 Å². The molecule has 19 heavy (non-hydrogen) atoms. The number of thiazole rings is 1. The van der Waals surface area contributed by atoms with E-state index in [9.17, 15) is 9.59 Å². The molecule has 8 heteroatoms. The van der Waals surface area contributed by atoms with Crippen LogP contribution in [0.4, 0.5) is 0 Å². The van der Waals surface area contributed by atoms with Gasteiger partial charge in [-0.05, 0) is 6.42 Å². The van der Waals surface area contributed by atoms with Gasteiger partial charge in [-0.15, -0.1) is 11.3 Å². The van der Waals surface area contributed by atoms with E-state index in [0.29, 0.717) is 6.42 Å². The van der Waals surface area contributed by atoms with E-state index in [0.717, 1.165) is 11.1 Å². The Kier molecular flexibility index (Phi) is 3.91. The lowest BCUT2D eigenvalue weighted by molar-refractivity contribution is 0.0651. The highest BCUT2D eigenvalue weighted by Gasteiger charge is 2.20. The maximum Gasteiger partial charge on any atom is 0.374 e. The number of amides is 1. The van der Waals surface area contributed by atoms with Crippen LogP contribution in [-0.2, 0) is 0 Å². The Hall–Kier alpha value is -2.22. The maximum absolute atomic E-state index is 11.9. The number of aromatic nitrogens is 2. The van der Waals surface area contributed by atoms with Crippen molar-refractivity contribution in [2.75, 3.05) is 0 Å². The Morgan fingerprint density at radius 1 is 1.58 bits per heavy atom. The molecule has 0 aliphatic rings. The topological polar surface area (TPSA) is 105 Å². The molecule has 0 saturated heterocycles. The first-order valence-corrected chi connectivity index (χ1v) is 6.40. The summed E-state index contributed by atoms with van der Waals surface area (Å²) in [6.07, 6.45) is 2.33. The van der Waals surface area contributed by atoms with Crippen molar-refractivity contribution in [3.8, 4) is 0 Å². The molecule has 7 nitrogen and oxygen atoms in total. The van der Waals surface area contributed by atoms with E-state index < -0.39 is 11.9 Å². The summed E-state index contributed by atoms with van der Waals surface area (Å²) in [5.74, 6) is -2.12. The predicted molar refractivity (Wildman–Crippen MR) is 66.1 cm³/mol. The molecule has 1 unspecified atom stereocenters. The summed E-state index contributed by atoms with van der Waals surface area (Å²) in [5.41, 5.74) is -0.0626. The number of carbonyl (C=O) groups is 2. The summed E-state index contributed by atoms with van der Waals surface area (Å²) in [7, 11) is 0. The Morgan fingerprint density at radius 3 is 2.89 bits per heavy atom. The molecule has 0 aliphatic heterocycles. The molecule has 2 aromatic rings. The number of aromatic carboxylic acids is 1. The van der Waals surface area contributed by atoms with Crippen molar-refractivity contribution in [2.24, 2.45) is 0 Å². The Bertz CT molecular complexity index is 579. The average molecular weight is 281 g/mol. The predicted octanol–water partition coefficient (Wildman–Crippen LogP) is 1.71. The molecular weight excluding hydrogens is 270 g/mol. The summed E-state index contributed by atoms with van der Waals surface area (Å²) < 4.78 is 4.53. The van der Waals surface area contributed by atoms with Crippen LogP contribution in [0.2, 0.25) is 0 Å². The number of hydrogen-bond acceptors (Lipinski definition) is 6. The highest BCUT2D eigenvalue weighted by atomic mass is 32.1.